The van der Waals surface area contributed by atoms with E-state index < -0.39 is 0 Å². The molecule has 0 aromatic rings. The van der Waals surface area contributed by atoms with E-state index in [2.05, 4.69) is 4.74 Å². The molecule has 1 aliphatic heterocycles. The number of esters is 1. The summed E-state index contributed by atoms with van der Waals surface area (Å²) in [5.41, 5.74) is 0. The van der Waals surface area contributed by atoms with Crippen molar-refractivity contribution < 1.29 is 14.3 Å². The van der Waals surface area contributed by atoms with Gasteiger partial charge in [-0.2, -0.15) is 0 Å². The maximum atomic E-state index is 12.0. The van der Waals surface area contributed by atoms with Crippen LogP contribution in [0, 0.1) is 5.92 Å². The first-order chi connectivity index (χ1) is 7.56. The number of ether oxygens (including phenoxy) is 1. The standard InChI is InChI=1S/C12H21NO3/c1-9(2)12(15)13-7-5-4-6-10(13)8-11(14)16-3/h9-10H,4-8H2,1-3H3. The van der Waals surface area contributed by atoms with E-state index in [1.165, 1.54) is 7.11 Å². The van der Waals surface area contributed by atoms with Crippen LogP contribution in [0.3, 0.4) is 0 Å². The van der Waals surface area contributed by atoms with E-state index in [4.69, 9.17) is 0 Å². The van der Waals surface area contributed by atoms with Crippen LogP contribution in [0.15, 0.2) is 0 Å². The molecule has 4 heteroatoms. The average molecular weight is 227 g/mol. The van der Waals surface area contributed by atoms with E-state index in [0.29, 0.717) is 6.42 Å². The van der Waals surface area contributed by atoms with Gasteiger partial charge in [0.25, 0.3) is 0 Å². The van der Waals surface area contributed by atoms with Gasteiger partial charge in [-0.15, -0.1) is 0 Å². The molecule has 4 nitrogen and oxygen atoms in total. The Morgan fingerprint density at radius 3 is 2.62 bits per heavy atom. The smallest absolute Gasteiger partial charge is 0.307 e. The van der Waals surface area contributed by atoms with Crippen molar-refractivity contribution >= 4 is 11.9 Å². The summed E-state index contributed by atoms with van der Waals surface area (Å²) in [5.74, 6) is -0.0830. The first kappa shape index (κ1) is 13.0. The van der Waals surface area contributed by atoms with Crippen LogP contribution >= 0.6 is 0 Å². The Labute approximate surface area is 96.9 Å². The summed E-state index contributed by atoms with van der Waals surface area (Å²) in [7, 11) is 1.39. The summed E-state index contributed by atoms with van der Waals surface area (Å²) < 4.78 is 4.66. The van der Waals surface area contributed by atoms with Gasteiger partial charge in [-0.3, -0.25) is 9.59 Å². The number of hydrogen-bond donors (Lipinski definition) is 0. The molecule has 0 aliphatic carbocycles. The van der Waals surface area contributed by atoms with Crippen LogP contribution in [0.5, 0.6) is 0 Å². The third-order valence-electron chi connectivity index (χ3n) is 3.03. The normalized spacial score (nSPS) is 21.0. The summed E-state index contributed by atoms with van der Waals surface area (Å²) >= 11 is 0. The number of rotatable bonds is 3. The predicted octanol–water partition coefficient (Wildman–Crippen LogP) is 1.59. The zero-order valence-electron chi connectivity index (χ0n) is 10.4. The zero-order valence-corrected chi connectivity index (χ0v) is 10.4. The number of hydrogen-bond acceptors (Lipinski definition) is 3. The predicted molar refractivity (Wildman–Crippen MR) is 60.8 cm³/mol. The number of carbonyl (C=O) groups is 2. The number of methoxy groups -OCH3 is 1. The highest BCUT2D eigenvalue weighted by Gasteiger charge is 2.29. The SMILES string of the molecule is COC(=O)CC1CCCCN1C(=O)C(C)C. The van der Waals surface area contributed by atoms with E-state index >= 15 is 0 Å². The van der Waals surface area contributed by atoms with Gasteiger partial charge >= 0.3 is 5.97 Å². The Balaban J connectivity index is 2.63. The minimum atomic E-state index is -0.228. The van der Waals surface area contributed by atoms with Crippen LogP contribution < -0.4 is 0 Å². The van der Waals surface area contributed by atoms with Crippen LogP contribution in [0.4, 0.5) is 0 Å². The average Bonchev–Trinajstić information content (AvgIpc) is 2.28. The molecule has 1 amide bonds. The summed E-state index contributed by atoms with van der Waals surface area (Å²) in [6.07, 6.45) is 3.36. The number of carbonyl (C=O) groups excluding carboxylic acids is 2. The first-order valence-corrected chi connectivity index (χ1v) is 5.93. The fourth-order valence-corrected chi connectivity index (χ4v) is 2.11. The van der Waals surface area contributed by atoms with E-state index in [0.717, 1.165) is 25.8 Å². The number of piperidine rings is 1. The second-order valence-electron chi connectivity index (χ2n) is 4.62. The highest BCUT2D eigenvalue weighted by molar-refractivity contribution is 5.79. The van der Waals surface area contributed by atoms with Gasteiger partial charge in [0.1, 0.15) is 0 Å². The molecule has 0 N–H and O–H groups in total. The van der Waals surface area contributed by atoms with Crippen LogP contribution in [-0.4, -0.2) is 36.5 Å². The molecular weight excluding hydrogens is 206 g/mol. The van der Waals surface area contributed by atoms with E-state index in [1.54, 1.807) is 0 Å². The minimum Gasteiger partial charge on any atom is -0.469 e. The Bertz CT molecular complexity index is 263. The Morgan fingerprint density at radius 2 is 2.06 bits per heavy atom. The molecule has 0 radical (unpaired) electrons. The van der Waals surface area contributed by atoms with Crippen LogP contribution in [-0.2, 0) is 14.3 Å². The minimum absolute atomic E-state index is 0.00162. The van der Waals surface area contributed by atoms with Crippen LogP contribution in [0.2, 0.25) is 0 Å². The second-order valence-corrected chi connectivity index (χ2v) is 4.62. The molecule has 0 aromatic carbocycles. The largest absolute Gasteiger partial charge is 0.469 e. The second kappa shape index (κ2) is 5.87. The number of amides is 1. The van der Waals surface area contributed by atoms with Crippen molar-refractivity contribution in [3.8, 4) is 0 Å². The van der Waals surface area contributed by atoms with Gasteiger partial charge in [-0.05, 0) is 19.3 Å². The van der Waals surface area contributed by atoms with Gasteiger partial charge in [0.2, 0.25) is 5.91 Å². The Kier molecular flexibility index (Phi) is 4.77. The number of nitrogens with zero attached hydrogens (tertiary/aromatic N) is 1. The van der Waals surface area contributed by atoms with Crippen molar-refractivity contribution in [2.75, 3.05) is 13.7 Å². The maximum absolute atomic E-state index is 12.0. The molecule has 1 fully saturated rings. The van der Waals surface area contributed by atoms with Crippen molar-refractivity contribution in [3.63, 3.8) is 0 Å². The van der Waals surface area contributed by atoms with Crippen LogP contribution in [0.1, 0.15) is 39.5 Å². The van der Waals surface area contributed by atoms with Gasteiger partial charge < -0.3 is 9.64 Å². The fourth-order valence-electron chi connectivity index (χ4n) is 2.11. The molecule has 1 saturated heterocycles. The summed E-state index contributed by atoms with van der Waals surface area (Å²) in [6, 6.07) is 0.0381. The molecule has 1 atom stereocenters. The first-order valence-electron chi connectivity index (χ1n) is 5.93. The Morgan fingerprint density at radius 1 is 1.38 bits per heavy atom. The molecule has 1 rings (SSSR count). The van der Waals surface area contributed by atoms with Gasteiger partial charge in [-0.25, -0.2) is 0 Å². The van der Waals surface area contributed by atoms with E-state index in [1.807, 2.05) is 18.7 Å². The molecule has 92 valence electrons. The molecule has 1 unspecified atom stereocenters. The van der Waals surface area contributed by atoms with Crippen molar-refractivity contribution in [1.29, 1.82) is 0 Å². The number of likely N-dealkylation sites (tertiary alicyclic amines) is 1. The maximum Gasteiger partial charge on any atom is 0.307 e. The third kappa shape index (κ3) is 3.22. The summed E-state index contributed by atoms with van der Waals surface area (Å²) in [6.45, 7) is 4.57. The topological polar surface area (TPSA) is 46.6 Å². The fraction of sp³-hybridized carbons (Fsp3) is 0.833. The highest BCUT2D eigenvalue weighted by Crippen LogP contribution is 2.21. The zero-order chi connectivity index (χ0) is 12.1. The quantitative estimate of drug-likeness (QED) is 0.688. The Hall–Kier alpha value is -1.06. The lowest BCUT2D eigenvalue weighted by atomic mass is 9.97. The lowest BCUT2D eigenvalue weighted by molar-refractivity contribution is -0.145. The molecule has 0 spiro atoms. The lowest BCUT2D eigenvalue weighted by Gasteiger charge is -2.36. The molecule has 0 bridgehead atoms. The summed E-state index contributed by atoms with van der Waals surface area (Å²) in [4.78, 5) is 25.1. The van der Waals surface area contributed by atoms with Gasteiger partial charge in [0, 0.05) is 18.5 Å². The van der Waals surface area contributed by atoms with Gasteiger partial charge in [0.05, 0.1) is 13.5 Å². The third-order valence-corrected chi connectivity index (χ3v) is 3.03. The summed E-state index contributed by atoms with van der Waals surface area (Å²) in [5, 5.41) is 0. The van der Waals surface area contributed by atoms with Gasteiger partial charge in [-0.1, -0.05) is 13.8 Å². The van der Waals surface area contributed by atoms with Crippen LogP contribution in [0.25, 0.3) is 0 Å². The van der Waals surface area contributed by atoms with E-state index in [-0.39, 0.29) is 23.8 Å². The van der Waals surface area contributed by atoms with E-state index in [9.17, 15) is 9.59 Å². The van der Waals surface area contributed by atoms with Crippen molar-refractivity contribution in [3.05, 3.63) is 0 Å². The monoisotopic (exact) mass is 227 g/mol. The van der Waals surface area contributed by atoms with Crippen molar-refractivity contribution in [1.82, 2.24) is 4.90 Å². The molecule has 1 heterocycles. The molecule has 0 saturated carbocycles. The van der Waals surface area contributed by atoms with Crippen molar-refractivity contribution in [2.45, 2.75) is 45.6 Å². The molecule has 1 aliphatic rings. The van der Waals surface area contributed by atoms with Crippen molar-refractivity contribution in [2.24, 2.45) is 5.92 Å². The molecular formula is C12H21NO3. The molecule has 0 aromatic heterocycles. The van der Waals surface area contributed by atoms with Gasteiger partial charge in [0.15, 0.2) is 0 Å². The lowest BCUT2D eigenvalue weighted by Crippen LogP contribution is -2.46. The molecule has 16 heavy (non-hydrogen) atoms. The highest BCUT2D eigenvalue weighted by atomic mass is 16.5.